The number of rotatable bonds is 74. The molecule has 0 spiro atoms. The quantitative estimate of drug-likeness (QED) is 0.0272. The van der Waals surface area contributed by atoms with Crippen LogP contribution in [0.4, 0.5) is 0 Å². The molecule has 91 heavy (non-hydrogen) atoms. The maximum absolute atomic E-state index is 13.3. The minimum Gasteiger partial charge on any atom is -0.394 e. The Hall–Kier alpha value is -0.890. The van der Waals surface area contributed by atoms with Crippen molar-refractivity contribution < 1.29 is 50.0 Å². The lowest BCUT2D eigenvalue weighted by Gasteiger charge is -2.40. The number of aliphatic hydroxyl groups excluding tert-OH is 7. The second kappa shape index (κ2) is 69.0. The van der Waals surface area contributed by atoms with Crippen molar-refractivity contribution in [3.63, 3.8) is 0 Å². The number of carbonyl (C=O) groups excluding carboxylic acids is 1. The van der Waals surface area contributed by atoms with E-state index in [1.54, 1.807) is 0 Å². The molecule has 11 nitrogen and oxygen atoms in total. The van der Waals surface area contributed by atoms with Crippen LogP contribution in [0.2, 0.25) is 0 Å². The Morgan fingerprint density at radius 3 is 0.813 bits per heavy atom. The fraction of sp³-hybridized carbons (Fsp3) is 0.988. The molecule has 1 amide bonds. The zero-order valence-corrected chi connectivity index (χ0v) is 60.6. The zero-order chi connectivity index (χ0) is 66.0. The van der Waals surface area contributed by atoms with Gasteiger partial charge in [-0.1, -0.05) is 425 Å². The molecule has 0 bridgehead atoms. The smallest absolute Gasteiger partial charge is 0.249 e. The third-order valence-corrected chi connectivity index (χ3v) is 20.4. The minimum atomic E-state index is -1.66. The number of unbranched alkanes of at least 4 members (excludes halogenated alkanes) is 62. The molecule has 1 aliphatic rings. The summed E-state index contributed by atoms with van der Waals surface area (Å²) in [6.45, 7) is 3.55. The van der Waals surface area contributed by atoms with Crippen LogP contribution in [-0.2, 0) is 14.3 Å². The predicted molar refractivity (Wildman–Crippen MR) is 386 cm³/mol. The fourth-order valence-electron chi connectivity index (χ4n) is 13.9. The first kappa shape index (κ1) is 88.1. The van der Waals surface area contributed by atoms with Crippen LogP contribution in [0, 0.1) is 0 Å². The van der Waals surface area contributed by atoms with E-state index in [1.807, 2.05) is 0 Å². The van der Waals surface area contributed by atoms with E-state index in [9.17, 15) is 40.5 Å². The molecule has 0 aliphatic carbocycles. The molecule has 0 radical (unpaired) electrons. The van der Waals surface area contributed by atoms with Gasteiger partial charge in [0, 0.05) is 0 Å². The second-order valence-corrected chi connectivity index (χ2v) is 29.2. The van der Waals surface area contributed by atoms with E-state index in [1.165, 1.54) is 360 Å². The molecule has 9 unspecified atom stereocenters. The standard InChI is InChI=1S/C80H159NO10/c1-3-5-7-9-11-13-15-17-19-21-23-25-27-29-31-33-34-35-36-37-38-39-40-42-44-46-48-50-52-54-56-58-60-62-64-66-68-73(84)79(89)81-71(70-90-80-78(88)77(87)76(86)74(69-82)91-80)75(85)72(83)67-65-63-61-59-57-55-53-51-49-47-45-43-41-32-30-28-26-24-22-20-18-16-14-12-10-8-6-4-2/h71-78,80,82-88H,3-70H2,1-2H3,(H,81,89). The maximum atomic E-state index is 13.3. The van der Waals surface area contributed by atoms with Crippen LogP contribution in [-0.4, -0.2) is 110 Å². The highest BCUT2D eigenvalue weighted by Gasteiger charge is 2.44. The van der Waals surface area contributed by atoms with Crippen molar-refractivity contribution in [3.8, 4) is 0 Å². The Morgan fingerprint density at radius 2 is 0.571 bits per heavy atom. The lowest BCUT2D eigenvalue weighted by atomic mass is 9.98. The molecule has 1 aliphatic heterocycles. The topological polar surface area (TPSA) is 189 Å². The molecule has 9 atom stereocenters. The molecule has 1 saturated heterocycles. The first-order chi connectivity index (χ1) is 44.7. The summed E-state index contributed by atoms with van der Waals surface area (Å²) in [5.74, 6) is -0.685. The van der Waals surface area contributed by atoms with Gasteiger partial charge in [0.05, 0.1) is 25.4 Å². The van der Waals surface area contributed by atoms with Gasteiger partial charge in [0.1, 0.15) is 36.6 Å². The fourth-order valence-corrected chi connectivity index (χ4v) is 13.9. The number of nitrogens with one attached hydrogen (secondary N) is 1. The molecule has 11 heteroatoms. The van der Waals surface area contributed by atoms with Crippen LogP contribution in [0.15, 0.2) is 0 Å². The van der Waals surface area contributed by atoms with Crippen LogP contribution in [0.3, 0.4) is 0 Å². The molecule has 544 valence electrons. The highest BCUT2D eigenvalue weighted by Crippen LogP contribution is 2.25. The number of amides is 1. The second-order valence-electron chi connectivity index (χ2n) is 29.2. The van der Waals surface area contributed by atoms with Crippen molar-refractivity contribution in [1.29, 1.82) is 0 Å². The lowest BCUT2D eigenvalue weighted by Crippen LogP contribution is -2.60. The Kier molecular flexibility index (Phi) is 66.8. The van der Waals surface area contributed by atoms with Gasteiger partial charge in [0.25, 0.3) is 0 Å². The molecule has 0 aromatic carbocycles. The number of carbonyl (C=O) groups is 1. The zero-order valence-electron chi connectivity index (χ0n) is 60.6. The normalized spacial score (nSPS) is 18.3. The maximum Gasteiger partial charge on any atom is 0.249 e. The van der Waals surface area contributed by atoms with Gasteiger partial charge in [0.2, 0.25) is 5.91 Å². The van der Waals surface area contributed by atoms with Crippen molar-refractivity contribution >= 4 is 5.91 Å². The van der Waals surface area contributed by atoms with Gasteiger partial charge in [-0.2, -0.15) is 0 Å². The van der Waals surface area contributed by atoms with Crippen LogP contribution in [0.1, 0.15) is 438 Å². The number of hydrogen-bond acceptors (Lipinski definition) is 10. The van der Waals surface area contributed by atoms with E-state index in [0.717, 1.165) is 38.5 Å². The molecule has 0 saturated carbocycles. The summed E-state index contributed by atoms with van der Waals surface area (Å²) >= 11 is 0. The highest BCUT2D eigenvalue weighted by molar-refractivity contribution is 5.80. The van der Waals surface area contributed by atoms with Crippen molar-refractivity contribution in [3.05, 3.63) is 0 Å². The van der Waals surface area contributed by atoms with Crippen LogP contribution >= 0.6 is 0 Å². The average molecular weight is 1300 g/mol. The summed E-state index contributed by atoms with van der Waals surface area (Å²) in [5.41, 5.74) is 0. The van der Waals surface area contributed by atoms with Gasteiger partial charge in [-0.3, -0.25) is 4.79 Å². The molecule has 0 aromatic rings. The number of hydrogen-bond donors (Lipinski definition) is 8. The molecule has 1 heterocycles. The minimum absolute atomic E-state index is 0.268. The van der Waals surface area contributed by atoms with E-state index >= 15 is 0 Å². The first-order valence-electron chi connectivity index (χ1n) is 40.9. The summed E-state index contributed by atoms with van der Waals surface area (Å²) < 4.78 is 11.2. The van der Waals surface area contributed by atoms with Crippen LogP contribution in [0.5, 0.6) is 0 Å². The third kappa shape index (κ3) is 55.8. The van der Waals surface area contributed by atoms with Crippen molar-refractivity contribution in [2.24, 2.45) is 0 Å². The van der Waals surface area contributed by atoms with E-state index in [0.29, 0.717) is 19.3 Å². The van der Waals surface area contributed by atoms with Gasteiger partial charge in [-0.05, 0) is 12.8 Å². The Bertz CT molecular complexity index is 1440. The van der Waals surface area contributed by atoms with Gasteiger partial charge in [-0.15, -0.1) is 0 Å². The molecule has 1 fully saturated rings. The Labute approximate surface area is 564 Å². The largest absolute Gasteiger partial charge is 0.394 e. The molecule has 1 rings (SSSR count). The molecule has 8 N–H and O–H groups in total. The Morgan fingerprint density at radius 1 is 0.341 bits per heavy atom. The Balaban J connectivity index is 2.10. The van der Waals surface area contributed by atoms with Gasteiger partial charge < -0.3 is 50.5 Å². The third-order valence-electron chi connectivity index (χ3n) is 20.4. The van der Waals surface area contributed by atoms with Gasteiger partial charge in [-0.25, -0.2) is 0 Å². The van der Waals surface area contributed by atoms with Gasteiger partial charge >= 0.3 is 0 Å². The first-order valence-corrected chi connectivity index (χ1v) is 40.9. The molecule has 0 aromatic heterocycles. The monoisotopic (exact) mass is 1290 g/mol. The summed E-state index contributed by atoms with van der Waals surface area (Å²) in [6.07, 6.45) is 75.2. The van der Waals surface area contributed by atoms with E-state index in [-0.39, 0.29) is 6.42 Å². The number of aliphatic hydroxyl groups is 7. The van der Waals surface area contributed by atoms with Crippen molar-refractivity contribution in [2.45, 2.75) is 493 Å². The van der Waals surface area contributed by atoms with Gasteiger partial charge in [0.15, 0.2) is 6.29 Å². The SMILES string of the molecule is CCCCCCCCCCCCCCCCCCCCCCCCCCCCCCCCCCCCCCC(O)C(=O)NC(COC1OC(CO)C(O)C(O)C1O)C(O)C(O)CCCCCCCCCCCCCCCCCCCCCCCCCCCCCC. The van der Waals surface area contributed by atoms with E-state index in [4.69, 9.17) is 9.47 Å². The lowest BCUT2D eigenvalue weighted by molar-refractivity contribution is -0.303. The summed E-state index contributed by atoms with van der Waals surface area (Å²) in [7, 11) is 0. The average Bonchev–Trinajstić information content (AvgIpc) is 1.05. The van der Waals surface area contributed by atoms with E-state index in [2.05, 4.69) is 19.2 Å². The van der Waals surface area contributed by atoms with Crippen molar-refractivity contribution in [2.75, 3.05) is 13.2 Å². The number of ether oxygens (including phenoxy) is 2. The van der Waals surface area contributed by atoms with E-state index < -0.39 is 74.2 Å². The summed E-state index contributed by atoms with van der Waals surface area (Å²) in [4.78, 5) is 13.3. The summed E-state index contributed by atoms with van der Waals surface area (Å²) in [6, 6.07) is -1.17. The van der Waals surface area contributed by atoms with Crippen LogP contribution < -0.4 is 5.32 Å². The summed E-state index contributed by atoms with van der Waals surface area (Å²) in [5, 5.41) is 76.8. The van der Waals surface area contributed by atoms with Crippen LogP contribution in [0.25, 0.3) is 0 Å². The molecular weight excluding hydrogens is 1130 g/mol. The highest BCUT2D eigenvalue weighted by atomic mass is 16.7. The predicted octanol–water partition coefficient (Wildman–Crippen LogP) is 21.2. The van der Waals surface area contributed by atoms with Crippen molar-refractivity contribution in [1.82, 2.24) is 5.32 Å². The molecular formula is C80H159NO10.